The highest BCUT2D eigenvalue weighted by molar-refractivity contribution is 7.85. The Balaban J connectivity index is 2.89. The molecule has 3 N–H and O–H groups in total. The molecule has 0 unspecified atom stereocenters. The van der Waals surface area contributed by atoms with Crippen LogP contribution in [-0.2, 0) is 14.6 Å². The number of hydroxylamine groups is 1. The summed E-state index contributed by atoms with van der Waals surface area (Å²) in [5, 5.41) is 0. The number of rotatable bonds is 3. The summed E-state index contributed by atoms with van der Waals surface area (Å²) in [7, 11) is -3.80. The van der Waals surface area contributed by atoms with Gasteiger partial charge in [0.25, 0.3) is 0 Å². The standard InChI is InChI=1S/C8H17N3O3S/c1-7(2,5-8(3,4)9)6-10-14-15(12,13)11-6/h5,9H2,1-4H3,(H,10,11). The minimum atomic E-state index is -3.80. The van der Waals surface area contributed by atoms with E-state index >= 15 is 0 Å². The minimum absolute atomic E-state index is 0.293. The molecule has 7 heteroatoms. The molecular formula is C8H17N3O3S. The summed E-state index contributed by atoms with van der Waals surface area (Å²) in [5.74, 6) is 0.293. The summed E-state index contributed by atoms with van der Waals surface area (Å²) >= 11 is 0. The number of nitrogens with two attached hydrogens (primary N) is 1. The van der Waals surface area contributed by atoms with Crippen LogP contribution in [0.4, 0.5) is 0 Å². The molecule has 0 saturated carbocycles. The van der Waals surface area contributed by atoms with E-state index < -0.39 is 21.3 Å². The van der Waals surface area contributed by atoms with E-state index in [2.05, 4.69) is 14.2 Å². The molecule has 6 nitrogen and oxygen atoms in total. The topological polar surface area (TPSA) is 93.8 Å². The fourth-order valence-corrected chi connectivity index (χ4v) is 2.46. The number of hydrogen-bond acceptors (Lipinski definition) is 5. The van der Waals surface area contributed by atoms with Gasteiger partial charge in [0.05, 0.1) is 0 Å². The first-order chi connectivity index (χ1) is 6.52. The van der Waals surface area contributed by atoms with Crippen molar-refractivity contribution in [2.75, 3.05) is 0 Å². The molecule has 1 aliphatic heterocycles. The molecule has 0 radical (unpaired) electrons. The fraction of sp³-hybridized carbons (Fsp3) is 0.875. The normalized spacial score (nSPS) is 21.0. The molecule has 15 heavy (non-hydrogen) atoms. The van der Waals surface area contributed by atoms with Crippen LogP contribution in [0.3, 0.4) is 0 Å². The molecule has 0 aliphatic carbocycles. The first-order valence-corrected chi connectivity index (χ1v) is 5.97. The predicted octanol–water partition coefficient (Wildman–Crippen LogP) is 0.318. The first kappa shape index (κ1) is 12.4. The molecule has 1 aliphatic rings. The summed E-state index contributed by atoms with van der Waals surface area (Å²) in [5.41, 5.74) is 7.33. The van der Waals surface area contributed by atoms with Gasteiger partial charge in [-0.1, -0.05) is 13.8 Å². The number of amidine groups is 1. The smallest absolute Gasteiger partial charge is 0.326 e. The maximum absolute atomic E-state index is 10.9. The van der Waals surface area contributed by atoms with E-state index in [1.54, 1.807) is 0 Å². The van der Waals surface area contributed by atoms with Crippen molar-refractivity contribution in [3.05, 3.63) is 0 Å². The van der Waals surface area contributed by atoms with Crippen LogP contribution in [0.5, 0.6) is 0 Å². The van der Waals surface area contributed by atoms with Crippen LogP contribution in [0.25, 0.3) is 0 Å². The number of nitrogens with one attached hydrogen (secondary N) is 1. The predicted molar refractivity (Wildman–Crippen MR) is 57.2 cm³/mol. The van der Waals surface area contributed by atoms with Gasteiger partial charge in [0.1, 0.15) is 5.84 Å². The number of nitrogens with zero attached hydrogens (tertiary/aromatic N) is 1. The monoisotopic (exact) mass is 235 g/mol. The van der Waals surface area contributed by atoms with Crippen molar-refractivity contribution in [2.45, 2.75) is 39.7 Å². The zero-order chi connectivity index (χ0) is 11.9. The molecule has 0 aromatic rings. The van der Waals surface area contributed by atoms with Crippen LogP contribution >= 0.6 is 0 Å². The lowest BCUT2D eigenvalue weighted by molar-refractivity contribution is 0.257. The third kappa shape index (κ3) is 3.44. The van der Waals surface area contributed by atoms with Crippen molar-refractivity contribution in [3.63, 3.8) is 0 Å². The summed E-state index contributed by atoms with van der Waals surface area (Å²) in [6.45, 7) is 7.47. The SMILES string of the molecule is CC(C)(N)CC(C)(C)C1=NS(=O)(=O)ON1. The molecule has 0 aromatic heterocycles. The molecule has 0 atom stereocenters. The van der Waals surface area contributed by atoms with Gasteiger partial charge in [-0.3, -0.25) is 0 Å². The molecule has 0 saturated heterocycles. The van der Waals surface area contributed by atoms with Gasteiger partial charge in [-0.15, -0.1) is 8.68 Å². The highest BCUT2D eigenvalue weighted by atomic mass is 32.2. The van der Waals surface area contributed by atoms with Gasteiger partial charge >= 0.3 is 10.3 Å². The molecular weight excluding hydrogens is 218 g/mol. The molecule has 88 valence electrons. The zero-order valence-electron chi connectivity index (χ0n) is 9.36. The molecule has 0 amide bonds. The maximum atomic E-state index is 10.9. The van der Waals surface area contributed by atoms with E-state index in [4.69, 9.17) is 5.73 Å². The Morgan fingerprint density at radius 2 is 1.93 bits per heavy atom. The minimum Gasteiger partial charge on any atom is -0.326 e. The third-order valence-electron chi connectivity index (χ3n) is 1.99. The lowest BCUT2D eigenvalue weighted by Gasteiger charge is -2.31. The van der Waals surface area contributed by atoms with E-state index in [1.165, 1.54) is 0 Å². The van der Waals surface area contributed by atoms with Crippen LogP contribution in [0.1, 0.15) is 34.1 Å². The molecule has 0 bridgehead atoms. The van der Waals surface area contributed by atoms with Gasteiger partial charge in [0.15, 0.2) is 0 Å². The Morgan fingerprint density at radius 1 is 1.40 bits per heavy atom. The van der Waals surface area contributed by atoms with Crippen LogP contribution in [0.15, 0.2) is 4.40 Å². The highest BCUT2D eigenvalue weighted by Gasteiger charge is 2.36. The number of hydrogen-bond donors (Lipinski definition) is 2. The quantitative estimate of drug-likeness (QED) is 0.734. The van der Waals surface area contributed by atoms with E-state index in [0.29, 0.717) is 12.3 Å². The van der Waals surface area contributed by atoms with E-state index in [0.717, 1.165) is 0 Å². The van der Waals surface area contributed by atoms with Crippen molar-refractivity contribution < 1.29 is 12.7 Å². The zero-order valence-corrected chi connectivity index (χ0v) is 10.2. The Morgan fingerprint density at radius 3 is 2.27 bits per heavy atom. The molecule has 1 heterocycles. The average molecular weight is 235 g/mol. The molecule has 0 aromatic carbocycles. The lowest BCUT2D eigenvalue weighted by Crippen LogP contribution is -2.43. The Labute approximate surface area is 90.1 Å². The van der Waals surface area contributed by atoms with Gasteiger partial charge in [-0.25, -0.2) is 5.48 Å². The summed E-state index contributed by atoms with van der Waals surface area (Å²) in [6, 6.07) is 0. The van der Waals surface area contributed by atoms with Gasteiger partial charge < -0.3 is 5.73 Å². The van der Waals surface area contributed by atoms with E-state index in [-0.39, 0.29) is 0 Å². The second kappa shape index (κ2) is 3.43. The van der Waals surface area contributed by atoms with Gasteiger partial charge in [-0.2, -0.15) is 8.42 Å². The third-order valence-corrected chi connectivity index (χ3v) is 2.69. The fourth-order valence-electron chi connectivity index (χ4n) is 1.73. The first-order valence-electron chi connectivity index (χ1n) is 4.61. The summed E-state index contributed by atoms with van der Waals surface area (Å²) < 4.78 is 29.7. The van der Waals surface area contributed by atoms with Gasteiger partial charge in [0.2, 0.25) is 0 Å². The van der Waals surface area contributed by atoms with E-state index in [9.17, 15) is 8.42 Å². The van der Waals surface area contributed by atoms with Gasteiger partial charge in [0, 0.05) is 11.0 Å². The van der Waals surface area contributed by atoms with Crippen molar-refractivity contribution >= 4 is 16.1 Å². The van der Waals surface area contributed by atoms with Crippen LogP contribution in [-0.4, -0.2) is 19.8 Å². The van der Waals surface area contributed by atoms with Crippen molar-refractivity contribution in [1.29, 1.82) is 0 Å². The highest BCUT2D eigenvalue weighted by Crippen LogP contribution is 2.29. The second-order valence-corrected chi connectivity index (χ2v) is 6.31. The second-order valence-electron chi connectivity index (χ2n) is 5.10. The lowest BCUT2D eigenvalue weighted by atomic mass is 9.80. The Kier molecular flexibility index (Phi) is 2.84. The maximum Gasteiger partial charge on any atom is 0.403 e. The molecule has 1 rings (SSSR count). The largest absolute Gasteiger partial charge is 0.403 e. The average Bonchev–Trinajstić information content (AvgIpc) is 2.25. The molecule has 0 fully saturated rings. The van der Waals surface area contributed by atoms with Crippen LogP contribution in [0, 0.1) is 5.41 Å². The van der Waals surface area contributed by atoms with Crippen molar-refractivity contribution in [1.82, 2.24) is 5.48 Å². The van der Waals surface area contributed by atoms with Gasteiger partial charge in [-0.05, 0) is 20.3 Å². The van der Waals surface area contributed by atoms with E-state index in [1.807, 2.05) is 27.7 Å². The van der Waals surface area contributed by atoms with Crippen molar-refractivity contribution in [3.8, 4) is 0 Å². The Hall–Kier alpha value is -0.660. The molecule has 0 spiro atoms. The Bertz CT molecular complexity index is 378. The van der Waals surface area contributed by atoms with Crippen LogP contribution < -0.4 is 11.2 Å². The van der Waals surface area contributed by atoms with Crippen molar-refractivity contribution in [2.24, 2.45) is 15.5 Å². The summed E-state index contributed by atoms with van der Waals surface area (Å²) in [4.78, 5) is 0. The van der Waals surface area contributed by atoms with Crippen LogP contribution in [0.2, 0.25) is 0 Å². The summed E-state index contributed by atoms with van der Waals surface area (Å²) in [6.07, 6.45) is 0.588.